The zero-order valence-electron chi connectivity index (χ0n) is 15.4. The fourth-order valence-electron chi connectivity index (χ4n) is 3.41. The summed E-state index contributed by atoms with van der Waals surface area (Å²) in [5.41, 5.74) is 10.1. The molecule has 6 nitrogen and oxygen atoms in total. The fraction of sp³-hybridized carbons (Fsp3) is 0.0455. The molecule has 3 N–H and O–H groups in total. The molecule has 3 aromatic carbocycles. The van der Waals surface area contributed by atoms with Crippen molar-refractivity contribution in [2.24, 2.45) is 0 Å². The van der Waals surface area contributed by atoms with Crippen LogP contribution in [0.15, 0.2) is 73.2 Å². The van der Waals surface area contributed by atoms with Gasteiger partial charge in [-0.1, -0.05) is 12.1 Å². The number of anilines is 3. The van der Waals surface area contributed by atoms with Gasteiger partial charge in [-0.3, -0.25) is 4.68 Å². The fourth-order valence-corrected chi connectivity index (χ4v) is 3.41. The highest BCUT2D eigenvalue weighted by Gasteiger charge is 2.08. The minimum Gasteiger partial charge on any atom is -0.399 e. The Morgan fingerprint density at radius 1 is 1.00 bits per heavy atom. The molecule has 142 valence electrons. The van der Waals surface area contributed by atoms with Crippen molar-refractivity contribution in [3.63, 3.8) is 0 Å². The second kappa shape index (κ2) is 6.87. The van der Waals surface area contributed by atoms with Crippen LogP contribution in [0.3, 0.4) is 0 Å². The zero-order chi connectivity index (χ0) is 19.8. The Balaban J connectivity index is 1.46. The maximum absolute atomic E-state index is 13.4. The molecule has 2 heterocycles. The number of benzene rings is 3. The number of hydrogen-bond acceptors (Lipinski definition) is 5. The molecule has 0 unspecified atom stereocenters. The molecular formula is C22H17FN6. The topological polar surface area (TPSA) is 81.7 Å². The maximum atomic E-state index is 13.4. The van der Waals surface area contributed by atoms with Crippen LogP contribution in [-0.4, -0.2) is 19.7 Å². The number of nitrogens with zero attached hydrogens (tertiary/aromatic N) is 4. The van der Waals surface area contributed by atoms with Gasteiger partial charge in [-0.05, 0) is 54.1 Å². The number of rotatable bonds is 4. The minimum atomic E-state index is -0.247. The molecule has 0 atom stereocenters. The number of fused-ring (bicyclic) bond motifs is 2. The van der Waals surface area contributed by atoms with Crippen LogP contribution in [-0.2, 0) is 6.54 Å². The number of nitrogens with two attached hydrogens (primary N) is 1. The van der Waals surface area contributed by atoms with E-state index in [1.165, 1.54) is 18.5 Å². The molecule has 0 aliphatic carbocycles. The highest BCUT2D eigenvalue weighted by molar-refractivity contribution is 5.93. The van der Waals surface area contributed by atoms with Crippen LogP contribution in [0.2, 0.25) is 0 Å². The summed E-state index contributed by atoms with van der Waals surface area (Å²) in [4.78, 5) is 8.64. The van der Waals surface area contributed by atoms with E-state index in [2.05, 4.69) is 20.4 Å². The lowest BCUT2D eigenvalue weighted by atomic mass is 10.2. The molecule has 0 amide bonds. The molecule has 0 saturated heterocycles. The highest BCUT2D eigenvalue weighted by Crippen LogP contribution is 2.27. The molecule has 0 bridgehead atoms. The first-order chi connectivity index (χ1) is 14.2. The van der Waals surface area contributed by atoms with E-state index in [0.717, 1.165) is 33.1 Å². The second-order valence-electron chi connectivity index (χ2n) is 6.83. The molecule has 5 aromatic rings. The van der Waals surface area contributed by atoms with Gasteiger partial charge in [0.1, 0.15) is 18.0 Å². The second-order valence-corrected chi connectivity index (χ2v) is 6.83. The summed E-state index contributed by atoms with van der Waals surface area (Å²) >= 11 is 0. The van der Waals surface area contributed by atoms with Crippen LogP contribution in [0, 0.1) is 5.82 Å². The number of aromatic nitrogens is 4. The van der Waals surface area contributed by atoms with Crippen molar-refractivity contribution < 1.29 is 4.39 Å². The first-order valence-corrected chi connectivity index (χ1v) is 9.13. The molecule has 0 aliphatic rings. The van der Waals surface area contributed by atoms with Gasteiger partial charge in [0, 0.05) is 22.1 Å². The number of halogens is 1. The molecule has 29 heavy (non-hydrogen) atoms. The summed E-state index contributed by atoms with van der Waals surface area (Å²) < 4.78 is 15.3. The van der Waals surface area contributed by atoms with E-state index in [4.69, 9.17) is 5.73 Å². The first kappa shape index (κ1) is 17.1. The lowest BCUT2D eigenvalue weighted by molar-refractivity contribution is 0.621. The normalized spacial score (nSPS) is 11.2. The van der Waals surface area contributed by atoms with Crippen molar-refractivity contribution in [2.75, 3.05) is 11.1 Å². The Bertz CT molecular complexity index is 1340. The summed E-state index contributed by atoms with van der Waals surface area (Å²) in [6.45, 7) is 0.504. The van der Waals surface area contributed by atoms with E-state index in [1.54, 1.807) is 12.3 Å². The Hall–Kier alpha value is -4.00. The van der Waals surface area contributed by atoms with Crippen LogP contribution in [0.5, 0.6) is 0 Å². The molecule has 0 aliphatic heterocycles. The van der Waals surface area contributed by atoms with Crippen molar-refractivity contribution in [3.8, 4) is 0 Å². The smallest absolute Gasteiger partial charge is 0.141 e. The molecule has 0 saturated carbocycles. The average Bonchev–Trinajstić information content (AvgIpc) is 3.10. The predicted octanol–water partition coefficient (Wildman–Crippen LogP) is 4.49. The predicted molar refractivity (Wildman–Crippen MR) is 112 cm³/mol. The quantitative estimate of drug-likeness (QED) is 0.446. The number of nitrogens with one attached hydrogen (secondary N) is 1. The standard InChI is InChI=1S/C22H17FN6/c23-16-3-1-2-14(8-16)12-29-21-7-5-18(9-15(21)11-27-29)28-22-19-10-17(24)4-6-20(19)25-13-26-22/h1-11,13H,12,24H2,(H,25,26,28). The molecule has 7 heteroatoms. The van der Waals surface area contributed by atoms with Crippen LogP contribution < -0.4 is 11.1 Å². The van der Waals surface area contributed by atoms with Crippen molar-refractivity contribution in [2.45, 2.75) is 6.54 Å². The number of nitrogen functional groups attached to an aromatic ring is 1. The molecule has 0 fully saturated rings. The monoisotopic (exact) mass is 384 g/mol. The summed E-state index contributed by atoms with van der Waals surface area (Å²) in [5, 5.41) is 9.63. The summed E-state index contributed by atoms with van der Waals surface area (Å²) in [5.74, 6) is 0.442. The van der Waals surface area contributed by atoms with Crippen molar-refractivity contribution in [1.82, 2.24) is 19.7 Å². The van der Waals surface area contributed by atoms with Gasteiger partial charge >= 0.3 is 0 Å². The third kappa shape index (κ3) is 3.34. The Labute approximate surface area is 165 Å². The van der Waals surface area contributed by atoms with Gasteiger partial charge in [0.15, 0.2) is 0 Å². The van der Waals surface area contributed by atoms with Gasteiger partial charge in [0.25, 0.3) is 0 Å². The van der Waals surface area contributed by atoms with E-state index in [-0.39, 0.29) is 5.82 Å². The molecular weight excluding hydrogens is 367 g/mol. The van der Waals surface area contributed by atoms with E-state index < -0.39 is 0 Å². The van der Waals surface area contributed by atoms with Crippen LogP contribution in [0.1, 0.15) is 5.56 Å². The van der Waals surface area contributed by atoms with Crippen LogP contribution >= 0.6 is 0 Å². The first-order valence-electron chi connectivity index (χ1n) is 9.13. The van der Waals surface area contributed by atoms with Crippen LogP contribution in [0.4, 0.5) is 21.6 Å². The van der Waals surface area contributed by atoms with Crippen molar-refractivity contribution in [3.05, 3.63) is 84.6 Å². The van der Waals surface area contributed by atoms with E-state index in [1.807, 2.05) is 47.1 Å². The van der Waals surface area contributed by atoms with Gasteiger partial charge < -0.3 is 11.1 Å². The number of hydrogen-bond donors (Lipinski definition) is 2. The lowest BCUT2D eigenvalue weighted by Gasteiger charge is -2.09. The Morgan fingerprint density at radius 2 is 1.93 bits per heavy atom. The minimum absolute atomic E-state index is 0.247. The highest BCUT2D eigenvalue weighted by atomic mass is 19.1. The summed E-state index contributed by atoms with van der Waals surface area (Å²) in [7, 11) is 0. The SMILES string of the molecule is Nc1ccc2ncnc(Nc3ccc4c(cnn4Cc4cccc(F)c4)c3)c2c1. The molecule has 0 spiro atoms. The van der Waals surface area contributed by atoms with E-state index in [9.17, 15) is 4.39 Å². The van der Waals surface area contributed by atoms with Crippen molar-refractivity contribution in [1.29, 1.82) is 0 Å². The van der Waals surface area contributed by atoms with Crippen LogP contribution in [0.25, 0.3) is 21.8 Å². The van der Waals surface area contributed by atoms with Gasteiger partial charge in [0.2, 0.25) is 0 Å². The van der Waals surface area contributed by atoms with E-state index in [0.29, 0.717) is 18.1 Å². The van der Waals surface area contributed by atoms with E-state index >= 15 is 0 Å². The summed E-state index contributed by atoms with van der Waals surface area (Å²) in [6, 6.07) is 18.1. The third-order valence-corrected chi connectivity index (χ3v) is 4.79. The Morgan fingerprint density at radius 3 is 2.83 bits per heavy atom. The lowest BCUT2D eigenvalue weighted by Crippen LogP contribution is -2.01. The third-order valence-electron chi connectivity index (χ3n) is 4.79. The van der Waals surface area contributed by atoms with Gasteiger partial charge in [0.05, 0.1) is 23.8 Å². The zero-order valence-corrected chi connectivity index (χ0v) is 15.4. The summed E-state index contributed by atoms with van der Waals surface area (Å²) in [6.07, 6.45) is 3.33. The largest absolute Gasteiger partial charge is 0.399 e. The van der Waals surface area contributed by atoms with Crippen molar-refractivity contribution >= 4 is 39.0 Å². The van der Waals surface area contributed by atoms with Gasteiger partial charge in [-0.2, -0.15) is 5.10 Å². The van der Waals surface area contributed by atoms with Gasteiger partial charge in [-0.15, -0.1) is 0 Å². The maximum Gasteiger partial charge on any atom is 0.141 e. The Kier molecular flexibility index (Phi) is 4.05. The van der Waals surface area contributed by atoms with Gasteiger partial charge in [-0.25, -0.2) is 14.4 Å². The molecule has 5 rings (SSSR count). The molecule has 2 aromatic heterocycles. The average molecular weight is 384 g/mol. The molecule has 0 radical (unpaired) electrons.